The highest BCUT2D eigenvalue weighted by atomic mass is 32.2. The first-order chi connectivity index (χ1) is 8.90. The quantitative estimate of drug-likeness (QED) is 0.778. The predicted octanol–water partition coefficient (Wildman–Crippen LogP) is 2.06. The molecule has 0 spiro atoms. The van der Waals surface area contributed by atoms with Crippen LogP contribution in [-0.4, -0.2) is 62.3 Å². The van der Waals surface area contributed by atoms with Crippen molar-refractivity contribution in [3.05, 3.63) is 0 Å². The van der Waals surface area contributed by atoms with E-state index in [2.05, 4.69) is 43.0 Å². The minimum Gasteiger partial charge on any atom is -0.383 e. The minimum absolute atomic E-state index is 0.392. The first kappa shape index (κ1) is 16.8. The van der Waals surface area contributed by atoms with Crippen molar-refractivity contribution in [3.8, 4) is 0 Å². The van der Waals surface area contributed by atoms with Crippen LogP contribution in [0.25, 0.3) is 0 Å². The molecule has 0 saturated heterocycles. The largest absolute Gasteiger partial charge is 0.383 e. The van der Waals surface area contributed by atoms with E-state index in [1.165, 1.54) is 6.42 Å². The molecule has 0 aliphatic carbocycles. The fourth-order valence-corrected chi connectivity index (χ4v) is 3.40. The van der Waals surface area contributed by atoms with Crippen LogP contribution in [0.3, 0.4) is 0 Å². The average Bonchev–Trinajstić information content (AvgIpc) is 2.71. The summed E-state index contributed by atoms with van der Waals surface area (Å²) in [5.41, 5.74) is 0.392. The van der Waals surface area contributed by atoms with E-state index < -0.39 is 0 Å². The average molecular weight is 287 g/mol. The van der Waals surface area contributed by atoms with Gasteiger partial charge >= 0.3 is 0 Å². The Kier molecular flexibility index (Phi) is 7.18. The van der Waals surface area contributed by atoms with Gasteiger partial charge in [0, 0.05) is 32.0 Å². The van der Waals surface area contributed by atoms with Gasteiger partial charge in [-0.1, -0.05) is 32.5 Å². The SMILES string of the molecule is COCCN(C)CCNC1=NCC(CC(C)(C)C)S1. The number of nitrogens with zero attached hydrogens (tertiary/aromatic N) is 2. The van der Waals surface area contributed by atoms with Gasteiger partial charge in [-0.3, -0.25) is 4.99 Å². The van der Waals surface area contributed by atoms with Gasteiger partial charge in [0.25, 0.3) is 0 Å². The van der Waals surface area contributed by atoms with Crippen LogP contribution in [-0.2, 0) is 4.74 Å². The van der Waals surface area contributed by atoms with Crippen molar-refractivity contribution < 1.29 is 4.74 Å². The van der Waals surface area contributed by atoms with E-state index in [1.807, 2.05) is 11.8 Å². The summed E-state index contributed by atoms with van der Waals surface area (Å²) in [6.45, 7) is 11.6. The lowest BCUT2D eigenvalue weighted by Gasteiger charge is -2.21. The van der Waals surface area contributed by atoms with Gasteiger partial charge in [0.05, 0.1) is 13.2 Å². The Labute approximate surface area is 122 Å². The lowest BCUT2D eigenvalue weighted by atomic mass is 9.90. The maximum absolute atomic E-state index is 5.06. The maximum atomic E-state index is 5.06. The third-order valence-corrected chi connectivity index (χ3v) is 4.15. The molecule has 1 aliphatic heterocycles. The van der Waals surface area contributed by atoms with E-state index in [0.29, 0.717) is 10.7 Å². The maximum Gasteiger partial charge on any atom is 0.156 e. The van der Waals surface area contributed by atoms with Gasteiger partial charge in [0.2, 0.25) is 0 Å². The van der Waals surface area contributed by atoms with E-state index in [1.54, 1.807) is 7.11 Å². The molecule has 1 aliphatic rings. The number of aliphatic imine (C=N–C) groups is 1. The second kappa shape index (κ2) is 8.12. The molecule has 112 valence electrons. The first-order valence-electron chi connectivity index (χ1n) is 7.03. The molecular formula is C14H29N3OS. The molecule has 1 unspecified atom stereocenters. The smallest absolute Gasteiger partial charge is 0.156 e. The van der Waals surface area contributed by atoms with Crippen LogP contribution < -0.4 is 5.32 Å². The third-order valence-electron chi connectivity index (χ3n) is 3.00. The number of thioether (sulfide) groups is 1. The minimum atomic E-state index is 0.392. The van der Waals surface area contributed by atoms with Gasteiger partial charge in [-0.2, -0.15) is 0 Å². The van der Waals surface area contributed by atoms with Crippen molar-refractivity contribution in [2.45, 2.75) is 32.4 Å². The Morgan fingerprint density at radius 1 is 1.42 bits per heavy atom. The monoisotopic (exact) mass is 287 g/mol. The molecule has 5 heteroatoms. The second-order valence-corrected chi connectivity index (χ2v) is 7.66. The summed E-state index contributed by atoms with van der Waals surface area (Å²) in [4.78, 5) is 6.85. The van der Waals surface area contributed by atoms with E-state index in [4.69, 9.17) is 4.74 Å². The summed E-state index contributed by atoms with van der Waals surface area (Å²) in [6, 6.07) is 0. The highest BCUT2D eigenvalue weighted by molar-refractivity contribution is 8.14. The summed E-state index contributed by atoms with van der Waals surface area (Å²) in [7, 11) is 3.86. The molecule has 19 heavy (non-hydrogen) atoms. The normalized spacial score (nSPS) is 19.9. The second-order valence-electron chi connectivity index (χ2n) is 6.37. The lowest BCUT2D eigenvalue weighted by molar-refractivity contribution is 0.162. The molecule has 0 amide bonds. The molecule has 1 heterocycles. The summed E-state index contributed by atoms with van der Waals surface area (Å²) in [5.74, 6) is 0. The van der Waals surface area contributed by atoms with Crippen LogP contribution in [0.1, 0.15) is 27.2 Å². The number of nitrogens with one attached hydrogen (secondary N) is 1. The number of amidine groups is 1. The van der Waals surface area contributed by atoms with Crippen molar-refractivity contribution >= 4 is 16.9 Å². The summed E-state index contributed by atoms with van der Waals surface area (Å²) in [6.07, 6.45) is 1.22. The molecular weight excluding hydrogens is 258 g/mol. The number of hydrogen-bond donors (Lipinski definition) is 1. The molecule has 4 nitrogen and oxygen atoms in total. The number of rotatable bonds is 7. The lowest BCUT2D eigenvalue weighted by Crippen LogP contribution is -2.33. The molecule has 0 aromatic carbocycles. The van der Waals surface area contributed by atoms with Gasteiger partial charge in [0.15, 0.2) is 5.17 Å². The Morgan fingerprint density at radius 2 is 2.16 bits per heavy atom. The number of likely N-dealkylation sites (N-methyl/N-ethyl adjacent to an activating group) is 1. The van der Waals surface area contributed by atoms with Crippen LogP contribution in [0, 0.1) is 5.41 Å². The molecule has 1 rings (SSSR count). The van der Waals surface area contributed by atoms with Crippen LogP contribution in [0.4, 0.5) is 0 Å². The standard InChI is InChI=1S/C14H29N3OS/c1-14(2,3)10-12-11-16-13(19-12)15-6-7-17(4)8-9-18-5/h12H,6-11H2,1-5H3,(H,15,16). The zero-order valence-electron chi connectivity index (χ0n) is 13.0. The molecule has 0 saturated carbocycles. The molecule has 0 aromatic rings. The van der Waals surface area contributed by atoms with Crippen LogP contribution >= 0.6 is 11.8 Å². The topological polar surface area (TPSA) is 36.9 Å². The summed E-state index contributed by atoms with van der Waals surface area (Å²) >= 11 is 1.90. The molecule has 1 N–H and O–H groups in total. The summed E-state index contributed by atoms with van der Waals surface area (Å²) < 4.78 is 5.06. The van der Waals surface area contributed by atoms with Crippen molar-refractivity contribution in [1.82, 2.24) is 10.2 Å². The molecule has 0 aromatic heterocycles. The van der Waals surface area contributed by atoms with Gasteiger partial charge < -0.3 is 15.0 Å². The fourth-order valence-electron chi connectivity index (χ4n) is 2.02. The van der Waals surface area contributed by atoms with Gasteiger partial charge in [-0.05, 0) is 18.9 Å². The Morgan fingerprint density at radius 3 is 2.79 bits per heavy atom. The predicted molar refractivity (Wildman–Crippen MR) is 85.1 cm³/mol. The van der Waals surface area contributed by atoms with Crippen LogP contribution in [0.2, 0.25) is 0 Å². The highest BCUT2D eigenvalue weighted by Crippen LogP contribution is 2.31. The zero-order valence-corrected chi connectivity index (χ0v) is 13.8. The van der Waals surface area contributed by atoms with E-state index in [0.717, 1.165) is 38.0 Å². The van der Waals surface area contributed by atoms with Crippen LogP contribution in [0.5, 0.6) is 0 Å². The first-order valence-corrected chi connectivity index (χ1v) is 7.91. The Balaban J connectivity index is 2.12. The third kappa shape index (κ3) is 7.80. The zero-order chi connectivity index (χ0) is 14.3. The summed E-state index contributed by atoms with van der Waals surface area (Å²) in [5, 5.41) is 5.20. The van der Waals surface area contributed by atoms with Crippen molar-refractivity contribution in [3.63, 3.8) is 0 Å². The molecule has 1 atom stereocenters. The number of hydrogen-bond acceptors (Lipinski definition) is 5. The Hall–Kier alpha value is -0.260. The Bertz CT molecular complexity index is 289. The van der Waals surface area contributed by atoms with Crippen molar-refractivity contribution in [1.29, 1.82) is 0 Å². The van der Waals surface area contributed by atoms with Crippen LogP contribution in [0.15, 0.2) is 4.99 Å². The number of methoxy groups -OCH3 is 1. The van der Waals surface area contributed by atoms with Gasteiger partial charge in [0.1, 0.15) is 0 Å². The van der Waals surface area contributed by atoms with Gasteiger partial charge in [-0.15, -0.1) is 0 Å². The van der Waals surface area contributed by atoms with Crippen molar-refractivity contribution in [2.24, 2.45) is 10.4 Å². The number of ether oxygens (including phenoxy) is 1. The van der Waals surface area contributed by atoms with E-state index >= 15 is 0 Å². The van der Waals surface area contributed by atoms with E-state index in [-0.39, 0.29) is 0 Å². The fraction of sp³-hybridized carbons (Fsp3) is 0.929. The molecule has 0 fully saturated rings. The highest BCUT2D eigenvalue weighted by Gasteiger charge is 2.24. The van der Waals surface area contributed by atoms with Crippen molar-refractivity contribution in [2.75, 3.05) is 46.9 Å². The molecule has 0 radical (unpaired) electrons. The molecule has 0 bridgehead atoms. The van der Waals surface area contributed by atoms with E-state index in [9.17, 15) is 0 Å². The van der Waals surface area contributed by atoms with Gasteiger partial charge in [-0.25, -0.2) is 0 Å².